The van der Waals surface area contributed by atoms with Crippen LogP contribution in [0.25, 0.3) is 0 Å². The molecule has 8 heteroatoms. The minimum Gasteiger partial charge on any atom is -0.497 e. The quantitative estimate of drug-likeness (QED) is 0.842. The third-order valence-electron chi connectivity index (χ3n) is 6.31. The Hall–Kier alpha value is -1.90. The van der Waals surface area contributed by atoms with Crippen LogP contribution in [0.15, 0.2) is 35.4 Å². The van der Waals surface area contributed by atoms with Crippen molar-refractivity contribution in [2.24, 2.45) is 18.9 Å². The van der Waals surface area contributed by atoms with Gasteiger partial charge in [0.05, 0.1) is 18.4 Å². The van der Waals surface area contributed by atoms with Gasteiger partial charge in [0, 0.05) is 32.3 Å². The van der Waals surface area contributed by atoms with Crippen molar-refractivity contribution in [3.63, 3.8) is 0 Å². The minimum absolute atomic E-state index is 0.136. The molecule has 0 amide bonds. The van der Waals surface area contributed by atoms with Crippen molar-refractivity contribution >= 4 is 10.0 Å². The highest BCUT2D eigenvalue weighted by Gasteiger charge is 2.52. The second-order valence-corrected chi connectivity index (χ2v) is 9.90. The zero-order valence-corrected chi connectivity index (χ0v) is 17.3. The van der Waals surface area contributed by atoms with Crippen molar-refractivity contribution in [1.29, 1.82) is 0 Å². The van der Waals surface area contributed by atoms with E-state index in [0.29, 0.717) is 31.0 Å². The summed E-state index contributed by atoms with van der Waals surface area (Å²) in [5, 5.41) is 15.8. The number of rotatable bonds is 4. The zero-order chi connectivity index (χ0) is 20.1. The van der Waals surface area contributed by atoms with Crippen LogP contribution in [0, 0.1) is 18.8 Å². The van der Waals surface area contributed by atoms with Gasteiger partial charge in [-0.1, -0.05) is 12.1 Å². The lowest BCUT2D eigenvalue weighted by Crippen LogP contribution is -2.43. The maximum atomic E-state index is 13.2. The molecular weight excluding hydrogens is 378 g/mol. The molecular formula is C20H27N3O4S. The summed E-state index contributed by atoms with van der Waals surface area (Å²) in [6.45, 7) is 2.46. The maximum Gasteiger partial charge on any atom is 0.246 e. The van der Waals surface area contributed by atoms with Crippen LogP contribution >= 0.6 is 0 Å². The predicted molar refractivity (Wildman–Crippen MR) is 104 cm³/mol. The fourth-order valence-corrected chi connectivity index (χ4v) is 6.62. The molecule has 1 aliphatic carbocycles. The Morgan fingerprint density at radius 1 is 1.32 bits per heavy atom. The van der Waals surface area contributed by atoms with Gasteiger partial charge >= 0.3 is 0 Å². The highest BCUT2D eigenvalue weighted by atomic mass is 32.2. The van der Waals surface area contributed by atoms with Crippen LogP contribution < -0.4 is 4.74 Å². The van der Waals surface area contributed by atoms with Crippen molar-refractivity contribution < 1.29 is 18.3 Å². The first-order chi connectivity index (χ1) is 13.3. The Morgan fingerprint density at radius 3 is 2.79 bits per heavy atom. The van der Waals surface area contributed by atoms with E-state index in [1.807, 2.05) is 24.3 Å². The van der Waals surface area contributed by atoms with Gasteiger partial charge in [0.15, 0.2) is 0 Å². The lowest BCUT2D eigenvalue weighted by Gasteiger charge is -2.41. The van der Waals surface area contributed by atoms with E-state index in [2.05, 4.69) is 5.10 Å². The van der Waals surface area contributed by atoms with Gasteiger partial charge < -0.3 is 9.84 Å². The lowest BCUT2D eigenvalue weighted by atomic mass is 9.67. The number of aliphatic hydroxyl groups is 1. The van der Waals surface area contributed by atoms with Crippen LogP contribution in [0.3, 0.4) is 0 Å². The third-order valence-corrected chi connectivity index (χ3v) is 8.24. The number of nitrogens with zero attached hydrogens (tertiary/aromatic N) is 3. The molecule has 0 spiro atoms. The minimum atomic E-state index is -3.64. The van der Waals surface area contributed by atoms with E-state index in [0.717, 1.165) is 18.4 Å². The number of aromatic nitrogens is 2. The standard InChI is InChI=1S/C20H27N3O4S/c1-14-19(13-22(2)21-14)28(25,26)23-11-15-6-5-9-20(24,18(15)12-23)16-7-4-8-17(10-16)27-3/h4,7-8,10,13,15,18,24H,5-6,9,11-12H2,1-3H3. The Kier molecular flexibility index (Phi) is 4.76. The Labute approximate surface area is 166 Å². The summed E-state index contributed by atoms with van der Waals surface area (Å²) >= 11 is 0. The number of aryl methyl sites for hydroxylation is 2. The lowest BCUT2D eigenvalue weighted by molar-refractivity contribution is -0.0641. The van der Waals surface area contributed by atoms with E-state index in [4.69, 9.17) is 4.74 Å². The second kappa shape index (κ2) is 6.86. The SMILES string of the molecule is COc1cccc(C2(O)CCCC3CN(S(=O)(=O)c4cn(C)nc4C)CC32)c1. The van der Waals surface area contributed by atoms with Gasteiger partial charge in [0.2, 0.25) is 10.0 Å². The van der Waals surface area contributed by atoms with E-state index < -0.39 is 15.6 Å². The van der Waals surface area contributed by atoms with Crippen molar-refractivity contribution in [3.05, 3.63) is 41.7 Å². The van der Waals surface area contributed by atoms with Crippen molar-refractivity contribution in [1.82, 2.24) is 14.1 Å². The number of benzene rings is 1. The molecule has 2 heterocycles. The van der Waals surface area contributed by atoms with Gasteiger partial charge in [-0.3, -0.25) is 4.68 Å². The summed E-state index contributed by atoms with van der Waals surface area (Å²) in [6, 6.07) is 7.50. The van der Waals surface area contributed by atoms with Gasteiger partial charge in [-0.05, 0) is 49.8 Å². The topological polar surface area (TPSA) is 84.7 Å². The molecule has 2 aliphatic rings. The molecule has 0 bridgehead atoms. The number of fused-ring (bicyclic) bond motifs is 1. The molecule has 28 heavy (non-hydrogen) atoms. The molecule has 1 aliphatic heterocycles. The highest BCUT2D eigenvalue weighted by Crippen LogP contribution is 2.49. The van der Waals surface area contributed by atoms with Crippen LogP contribution in [0.1, 0.15) is 30.5 Å². The molecule has 1 saturated carbocycles. The van der Waals surface area contributed by atoms with E-state index in [9.17, 15) is 13.5 Å². The van der Waals surface area contributed by atoms with E-state index in [-0.39, 0.29) is 16.7 Å². The van der Waals surface area contributed by atoms with Crippen LogP contribution in [-0.2, 0) is 22.7 Å². The fraction of sp³-hybridized carbons (Fsp3) is 0.550. The number of sulfonamides is 1. The summed E-state index contributed by atoms with van der Waals surface area (Å²) in [4.78, 5) is 0.249. The summed E-state index contributed by atoms with van der Waals surface area (Å²) < 4.78 is 34.8. The first-order valence-corrected chi connectivity index (χ1v) is 11.1. The molecule has 1 N–H and O–H groups in total. The van der Waals surface area contributed by atoms with Gasteiger partial charge in [-0.25, -0.2) is 8.42 Å². The van der Waals surface area contributed by atoms with E-state index in [1.54, 1.807) is 27.3 Å². The Balaban J connectivity index is 1.67. The summed E-state index contributed by atoms with van der Waals surface area (Å²) in [6.07, 6.45) is 3.98. The molecule has 2 aromatic rings. The number of hydrogen-bond donors (Lipinski definition) is 1. The average Bonchev–Trinajstić information content (AvgIpc) is 3.26. The van der Waals surface area contributed by atoms with Crippen molar-refractivity contribution in [2.75, 3.05) is 20.2 Å². The molecule has 3 unspecified atom stereocenters. The van der Waals surface area contributed by atoms with Crippen molar-refractivity contribution in [3.8, 4) is 5.75 Å². The smallest absolute Gasteiger partial charge is 0.246 e. The number of ether oxygens (including phenoxy) is 1. The third kappa shape index (κ3) is 3.03. The molecule has 1 aromatic carbocycles. The zero-order valence-electron chi connectivity index (χ0n) is 16.5. The summed E-state index contributed by atoms with van der Waals surface area (Å²) in [5.41, 5.74) is 0.255. The summed E-state index contributed by atoms with van der Waals surface area (Å²) in [7, 11) is -0.314. The molecule has 2 fully saturated rings. The maximum absolute atomic E-state index is 13.2. The number of hydrogen-bond acceptors (Lipinski definition) is 5. The Bertz CT molecular complexity index is 987. The van der Waals surface area contributed by atoms with Gasteiger partial charge in [0.1, 0.15) is 10.6 Å². The normalized spacial score (nSPS) is 28.3. The van der Waals surface area contributed by atoms with Gasteiger partial charge in [-0.15, -0.1) is 0 Å². The first kappa shape index (κ1) is 19.4. The van der Waals surface area contributed by atoms with Crippen LogP contribution in [0.5, 0.6) is 5.75 Å². The van der Waals surface area contributed by atoms with Crippen LogP contribution in [0.4, 0.5) is 0 Å². The first-order valence-electron chi connectivity index (χ1n) is 9.63. The fourth-order valence-electron chi connectivity index (χ4n) is 4.90. The molecule has 1 aromatic heterocycles. The average molecular weight is 406 g/mol. The van der Waals surface area contributed by atoms with E-state index >= 15 is 0 Å². The molecule has 0 radical (unpaired) electrons. The highest BCUT2D eigenvalue weighted by molar-refractivity contribution is 7.89. The van der Waals surface area contributed by atoms with Crippen LogP contribution in [-0.4, -0.2) is 47.8 Å². The molecule has 4 rings (SSSR count). The van der Waals surface area contributed by atoms with Crippen LogP contribution in [0.2, 0.25) is 0 Å². The largest absolute Gasteiger partial charge is 0.497 e. The molecule has 1 saturated heterocycles. The van der Waals surface area contributed by atoms with Gasteiger partial charge in [-0.2, -0.15) is 9.40 Å². The van der Waals surface area contributed by atoms with Crippen molar-refractivity contribution in [2.45, 2.75) is 36.7 Å². The molecule has 7 nitrogen and oxygen atoms in total. The Morgan fingerprint density at radius 2 is 2.11 bits per heavy atom. The second-order valence-electron chi connectivity index (χ2n) is 7.99. The molecule has 152 valence electrons. The predicted octanol–water partition coefficient (Wildman–Crippen LogP) is 2.05. The summed E-state index contributed by atoms with van der Waals surface area (Å²) in [5.74, 6) is 0.693. The number of methoxy groups -OCH3 is 1. The van der Waals surface area contributed by atoms with E-state index in [1.165, 1.54) is 8.99 Å². The molecule has 3 atom stereocenters. The van der Waals surface area contributed by atoms with Gasteiger partial charge in [0.25, 0.3) is 0 Å². The monoisotopic (exact) mass is 405 g/mol.